The van der Waals surface area contributed by atoms with E-state index in [4.69, 9.17) is 58.7 Å². The molecule has 0 spiro atoms. The number of nitrogens with two attached hydrogens (primary N) is 4. The molecule has 0 bridgehead atoms. The molecule has 0 saturated heterocycles. The molecule has 0 fully saturated rings. The lowest BCUT2D eigenvalue weighted by Crippen LogP contribution is -2.30. The molecule has 0 aliphatic carbocycles. The SMILES string of the molecule is N[C@@H](CCC(=O)O)C(=O)O.N[C@@H](CCC(=O)O)C(=O)O.N[C@@H](CCC(=O)O)C(=O)O.N[C@@H](CCS)C(=O)O. The van der Waals surface area contributed by atoms with E-state index in [1.165, 1.54) is 0 Å². The Kier molecular flexibility index (Phi) is 27.5. The number of aliphatic carboxylic acids is 7. The zero-order chi connectivity index (χ0) is 31.0. The molecule has 18 nitrogen and oxygen atoms in total. The molecular weight excluding hydrogens is 540 g/mol. The van der Waals surface area contributed by atoms with Crippen molar-refractivity contribution in [2.24, 2.45) is 22.9 Å². The Labute approximate surface area is 222 Å². The summed E-state index contributed by atoms with van der Waals surface area (Å²) in [6.45, 7) is 0. The number of thiol groups is 1. The third-order valence-corrected chi connectivity index (χ3v) is 3.97. The predicted molar refractivity (Wildman–Crippen MR) is 132 cm³/mol. The monoisotopic (exact) mass is 576 g/mol. The maximum Gasteiger partial charge on any atom is 0.320 e. The Morgan fingerprint density at radius 1 is 0.447 bits per heavy atom. The maximum atomic E-state index is 9.99. The topological polar surface area (TPSA) is 365 Å². The van der Waals surface area contributed by atoms with Crippen LogP contribution < -0.4 is 22.9 Å². The van der Waals surface area contributed by atoms with Gasteiger partial charge >= 0.3 is 41.8 Å². The van der Waals surface area contributed by atoms with E-state index in [2.05, 4.69) is 12.6 Å². The summed E-state index contributed by atoms with van der Waals surface area (Å²) in [5, 5.41) is 57.0. The van der Waals surface area contributed by atoms with Gasteiger partial charge in [-0.05, 0) is 31.4 Å². The van der Waals surface area contributed by atoms with Crippen molar-refractivity contribution in [3.05, 3.63) is 0 Å². The number of hydrogen-bond acceptors (Lipinski definition) is 12. The minimum Gasteiger partial charge on any atom is -0.481 e. The predicted octanol–water partition coefficient (Wildman–Crippen LogP) is -2.49. The molecule has 4 atom stereocenters. The Balaban J connectivity index is -0.000000204. The molecule has 222 valence electrons. The van der Waals surface area contributed by atoms with Crippen molar-refractivity contribution in [3.8, 4) is 0 Å². The third-order valence-electron chi connectivity index (χ3n) is 3.72. The Bertz CT molecular complexity index is 687. The van der Waals surface area contributed by atoms with Crippen LogP contribution in [0.2, 0.25) is 0 Å². The van der Waals surface area contributed by atoms with Crippen LogP contribution in [0.5, 0.6) is 0 Å². The van der Waals surface area contributed by atoms with Crippen LogP contribution in [-0.4, -0.2) is 107 Å². The van der Waals surface area contributed by atoms with Gasteiger partial charge in [0.25, 0.3) is 0 Å². The summed E-state index contributed by atoms with van der Waals surface area (Å²) in [6, 6.07) is -3.92. The average Bonchev–Trinajstić information content (AvgIpc) is 2.80. The van der Waals surface area contributed by atoms with Crippen molar-refractivity contribution >= 4 is 54.4 Å². The molecule has 0 radical (unpaired) electrons. The van der Waals surface area contributed by atoms with Crippen LogP contribution in [-0.2, 0) is 33.6 Å². The van der Waals surface area contributed by atoms with Gasteiger partial charge in [-0.25, -0.2) is 0 Å². The van der Waals surface area contributed by atoms with E-state index in [9.17, 15) is 33.6 Å². The second-order valence-electron chi connectivity index (χ2n) is 7.09. The molecule has 0 aliphatic rings. The minimum atomic E-state index is -1.17. The normalized spacial score (nSPS) is 12.7. The van der Waals surface area contributed by atoms with Crippen molar-refractivity contribution in [2.45, 2.75) is 69.1 Å². The van der Waals surface area contributed by atoms with Crippen LogP contribution in [0.4, 0.5) is 0 Å². The first-order valence-electron chi connectivity index (χ1n) is 10.5. The van der Waals surface area contributed by atoms with Gasteiger partial charge < -0.3 is 58.7 Å². The largest absolute Gasteiger partial charge is 0.481 e. The van der Waals surface area contributed by atoms with E-state index in [1.807, 2.05) is 0 Å². The van der Waals surface area contributed by atoms with Gasteiger partial charge in [0.15, 0.2) is 0 Å². The lowest BCUT2D eigenvalue weighted by Gasteiger charge is -2.01. The van der Waals surface area contributed by atoms with Crippen LogP contribution in [0.25, 0.3) is 0 Å². The molecule has 15 N–H and O–H groups in total. The lowest BCUT2D eigenvalue weighted by molar-refractivity contribution is -0.141. The maximum absolute atomic E-state index is 9.99. The molecule has 0 heterocycles. The van der Waals surface area contributed by atoms with Crippen LogP contribution in [0.3, 0.4) is 0 Å². The van der Waals surface area contributed by atoms with E-state index in [1.54, 1.807) is 0 Å². The fourth-order valence-electron chi connectivity index (χ4n) is 1.47. The number of carbonyl (C=O) groups is 7. The Hall–Kier alpha value is -3.52. The standard InChI is InChI=1S/3C5H9NO4.C4H9NO2S/c3*6-3(5(9)10)1-2-4(7)8;5-3(1-2-8)4(6)7/h3*3H,1-2,6H2,(H,7,8)(H,9,10);3,8H,1-2,5H2,(H,6,7)/t4*3-/m0000/s1. The van der Waals surface area contributed by atoms with Gasteiger partial charge in [0.05, 0.1) is 0 Å². The highest BCUT2D eigenvalue weighted by Crippen LogP contribution is 1.95. The average molecular weight is 577 g/mol. The zero-order valence-corrected chi connectivity index (χ0v) is 21.1. The number of carboxylic acid groups (broad SMARTS) is 7. The molecule has 0 saturated carbocycles. The summed E-state index contributed by atoms with van der Waals surface area (Å²) < 4.78 is 0. The van der Waals surface area contributed by atoms with Gasteiger partial charge in [0.2, 0.25) is 0 Å². The number of carboxylic acids is 7. The van der Waals surface area contributed by atoms with E-state index < -0.39 is 66.0 Å². The first-order valence-corrected chi connectivity index (χ1v) is 11.1. The van der Waals surface area contributed by atoms with Gasteiger partial charge in [-0.1, -0.05) is 0 Å². The van der Waals surface area contributed by atoms with Crippen molar-refractivity contribution in [3.63, 3.8) is 0 Å². The molecule has 0 amide bonds. The van der Waals surface area contributed by atoms with Gasteiger partial charge in [0, 0.05) is 19.3 Å². The molecule has 0 unspecified atom stereocenters. The van der Waals surface area contributed by atoms with Crippen LogP contribution in [0.1, 0.15) is 44.9 Å². The molecule has 0 rings (SSSR count). The number of rotatable bonds is 15. The first-order chi connectivity index (χ1) is 17.3. The van der Waals surface area contributed by atoms with Crippen LogP contribution >= 0.6 is 12.6 Å². The quantitative estimate of drug-likeness (QED) is 0.0896. The molecular formula is C19H36N4O14S. The van der Waals surface area contributed by atoms with Crippen molar-refractivity contribution in [2.75, 3.05) is 5.75 Å². The highest BCUT2D eigenvalue weighted by Gasteiger charge is 2.13. The van der Waals surface area contributed by atoms with Crippen molar-refractivity contribution < 1.29 is 69.3 Å². The van der Waals surface area contributed by atoms with E-state index >= 15 is 0 Å². The van der Waals surface area contributed by atoms with E-state index in [-0.39, 0.29) is 38.5 Å². The highest BCUT2D eigenvalue weighted by molar-refractivity contribution is 7.80. The summed E-state index contributed by atoms with van der Waals surface area (Å²) >= 11 is 3.81. The fourth-order valence-corrected chi connectivity index (χ4v) is 1.75. The smallest absolute Gasteiger partial charge is 0.320 e. The minimum absolute atomic E-state index is 0.0231. The Morgan fingerprint density at radius 2 is 0.632 bits per heavy atom. The van der Waals surface area contributed by atoms with Crippen molar-refractivity contribution in [1.29, 1.82) is 0 Å². The summed E-state index contributed by atoms with van der Waals surface area (Å²) in [4.78, 5) is 69.5. The molecule has 0 aromatic carbocycles. The Morgan fingerprint density at radius 3 is 0.737 bits per heavy atom. The lowest BCUT2D eigenvalue weighted by atomic mass is 10.2. The fraction of sp³-hybridized carbons (Fsp3) is 0.632. The third kappa shape index (κ3) is 34.6. The van der Waals surface area contributed by atoms with E-state index in [0.29, 0.717) is 12.2 Å². The molecule has 0 aromatic rings. The zero-order valence-electron chi connectivity index (χ0n) is 20.2. The molecule has 0 aliphatic heterocycles. The highest BCUT2D eigenvalue weighted by atomic mass is 32.1. The summed E-state index contributed by atoms with van der Waals surface area (Å²) in [5.74, 6) is -7.03. The van der Waals surface area contributed by atoms with Gasteiger partial charge in [-0.2, -0.15) is 12.6 Å². The van der Waals surface area contributed by atoms with Gasteiger partial charge in [-0.15, -0.1) is 0 Å². The van der Waals surface area contributed by atoms with E-state index in [0.717, 1.165) is 0 Å². The van der Waals surface area contributed by atoms with Crippen LogP contribution in [0.15, 0.2) is 0 Å². The first kappa shape index (κ1) is 41.6. The second-order valence-corrected chi connectivity index (χ2v) is 7.54. The second kappa shape index (κ2) is 25.1. The summed E-state index contributed by atoms with van der Waals surface area (Å²) in [5.41, 5.74) is 20.1. The molecule has 19 heteroatoms. The number of hydrogen-bond donors (Lipinski definition) is 12. The van der Waals surface area contributed by atoms with Gasteiger partial charge in [0.1, 0.15) is 24.2 Å². The summed E-state index contributed by atoms with van der Waals surface area (Å²) in [6.07, 6.45) is -0.243. The van der Waals surface area contributed by atoms with Gasteiger partial charge in [-0.3, -0.25) is 33.6 Å². The van der Waals surface area contributed by atoms with Crippen LogP contribution in [0, 0.1) is 0 Å². The molecule has 38 heavy (non-hydrogen) atoms. The molecule has 0 aromatic heterocycles. The summed E-state index contributed by atoms with van der Waals surface area (Å²) in [7, 11) is 0. The van der Waals surface area contributed by atoms with Crippen molar-refractivity contribution in [1.82, 2.24) is 0 Å².